The van der Waals surface area contributed by atoms with Crippen molar-refractivity contribution >= 4 is 5.69 Å². The predicted molar refractivity (Wildman–Crippen MR) is 86.5 cm³/mol. The van der Waals surface area contributed by atoms with E-state index in [2.05, 4.69) is 51.2 Å². The molecular weight excluding hydrogens is 246 g/mol. The van der Waals surface area contributed by atoms with Gasteiger partial charge in [0.25, 0.3) is 0 Å². The number of hydrogen-bond donors (Lipinski definition) is 1. The monoisotopic (exact) mass is 275 g/mol. The van der Waals surface area contributed by atoms with Crippen LogP contribution in [0.5, 0.6) is 5.75 Å². The Hall–Kier alpha value is -1.18. The number of aryl methyl sites for hydroxylation is 1. The van der Waals surface area contributed by atoms with Crippen molar-refractivity contribution in [2.45, 2.75) is 53.0 Å². The van der Waals surface area contributed by atoms with Gasteiger partial charge in [0, 0.05) is 6.04 Å². The zero-order chi connectivity index (χ0) is 14.7. The average molecular weight is 275 g/mol. The maximum atomic E-state index is 5.53. The van der Waals surface area contributed by atoms with Crippen molar-refractivity contribution in [3.05, 3.63) is 23.8 Å². The van der Waals surface area contributed by atoms with Crippen LogP contribution < -0.4 is 10.1 Å². The lowest BCUT2D eigenvalue weighted by Crippen LogP contribution is -2.37. The molecule has 1 N–H and O–H groups in total. The topological polar surface area (TPSA) is 21.3 Å². The molecule has 1 aliphatic carbocycles. The van der Waals surface area contributed by atoms with E-state index in [1.807, 2.05) is 0 Å². The Bertz CT molecular complexity index is 441. The van der Waals surface area contributed by atoms with Gasteiger partial charge < -0.3 is 10.1 Å². The maximum Gasteiger partial charge on any atom is 0.142 e. The summed E-state index contributed by atoms with van der Waals surface area (Å²) >= 11 is 0. The highest BCUT2D eigenvalue weighted by molar-refractivity contribution is 5.58. The van der Waals surface area contributed by atoms with Crippen LogP contribution in [0, 0.1) is 24.7 Å². The summed E-state index contributed by atoms with van der Waals surface area (Å²) in [5.41, 5.74) is 2.38. The number of benzene rings is 1. The molecule has 1 saturated carbocycles. The van der Waals surface area contributed by atoms with Crippen LogP contribution in [-0.4, -0.2) is 13.2 Å². The number of rotatable bonds is 4. The number of hydrogen-bond acceptors (Lipinski definition) is 2. The van der Waals surface area contributed by atoms with Gasteiger partial charge in [0.2, 0.25) is 0 Å². The van der Waals surface area contributed by atoms with E-state index in [0.29, 0.717) is 6.04 Å². The third-order valence-electron chi connectivity index (χ3n) is 4.72. The van der Waals surface area contributed by atoms with Gasteiger partial charge in [-0.05, 0) is 55.2 Å². The zero-order valence-corrected chi connectivity index (χ0v) is 13.6. The van der Waals surface area contributed by atoms with Gasteiger partial charge in [0.05, 0.1) is 12.8 Å². The lowest BCUT2D eigenvalue weighted by Gasteiger charge is -2.38. The van der Waals surface area contributed by atoms with Crippen LogP contribution in [-0.2, 0) is 0 Å². The van der Waals surface area contributed by atoms with E-state index >= 15 is 0 Å². The number of anilines is 1. The summed E-state index contributed by atoms with van der Waals surface area (Å²) < 4.78 is 5.53. The van der Waals surface area contributed by atoms with E-state index in [1.54, 1.807) is 7.11 Å². The molecule has 3 atom stereocenters. The van der Waals surface area contributed by atoms with Gasteiger partial charge in [0.15, 0.2) is 0 Å². The summed E-state index contributed by atoms with van der Waals surface area (Å²) in [4.78, 5) is 0. The van der Waals surface area contributed by atoms with E-state index in [4.69, 9.17) is 4.74 Å². The third kappa shape index (κ3) is 3.47. The van der Waals surface area contributed by atoms with Gasteiger partial charge in [-0.15, -0.1) is 0 Å². The molecule has 1 fully saturated rings. The summed E-state index contributed by atoms with van der Waals surface area (Å²) in [5, 5.41) is 3.76. The summed E-state index contributed by atoms with van der Waals surface area (Å²) in [5.74, 6) is 3.28. The van der Waals surface area contributed by atoms with Gasteiger partial charge in [-0.25, -0.2) is 0 Å². The van der Waals surface area contributed by atoms with E-state index < -0.39 is 0 Å². The van der Waals surface area contributed by atoms with Crippen LogP contribution in [0.4, 0.5) is 5.69 Å². The van der Waals surface area contributed by atoms with Crippen LogP contribution in [0.15, 0.2) is 18.2 Å². The van der Waals surface area contributed by atoms with Crippen molar-refractivity contribution in [1.82, 2.24) is 0 Å². The Labute approximate surface area is 123 Å². The molecule has 2 rings (SSSR count). The number of nitrogens with one attached hydrogen (secondary N) is 1. The van der Waals surface area contributed by atoms with Gasteiger partial charge >= 0.3 is 0 Å². The van der Waals surface area contributed by atoms with Crippen LogP contribution in [0.3, 0.4) is 0 Å². The molecule has 2 nitrogen and oxygen atoms in total. The molecule has 0 amide bonds. The highest BCUT2D eigenvalue weighted by atomic mass is 16.5. The highest BCUT2D eigenvalue weighted by Gasteiger charge is 2.30. The Morgan fingerprint density at radius 2 is 2.00 bits per heavy atom. The summed E-state index contributed by atoms with van der Waals surface area (Å²) in [7, 11) is 1.75. The average Bonchev–Trinajstić information content (AvgIpc) is 2.40. The Morgan fingerprint density at radius 1 is 1.25 bits per heavy atom. The SMILES string of the molecule is COc1cc(C)ccc1NC1CC(C)CCC1C(C)C. The molecule has 1 aromatic rings. The van der Waals surface area contributed by atoms with E-state index in [0.717, 1.165) is 29.2 Å². The first kappa shape index (κ1) is 15.2. The van der Waals surface area contributed by atoms with Crippen molar-refractivity contribution in [3.8, 4) is 5.75 Å². The van der Waals surface area contributed by atoms with Crippen molar-refractivity contribution in [2.24, 2.45) is 17.8 Å². The minimum atomic E-state index is 0.565. The van der Waals surface area contributed by atoms with Gasteiger partial charge in [-0.3, -0.25) is 0 Å². The lowest BCUT2D eigenvalue weighted by molar-refractivity contribution is 0.211. The quantitative estimate of drug-likeness (QED) is 0.846. The third-order valence-corrected chi connectivity index (χ3v) is 4.72. The summed E-state index contributed by atoms with van der Waals surface area (Å²) in [6.45, 7) is 9.17. The molecule has 0 heterocycles. The molecule has 0 radical (unpaired) electrons. The molecule has 1 aliphatic rings. The first-order chi connectivity index (χ1) is 9.51. The fraction of sp³-hybridized carbons (Fsp3) is 0.667. The molecule has 0 aliphatic heterocycles. The Morgan fingerprint density at radius 3 is 2.65 bits per heavy atom. The van der Waals surface area contributed by atoms with Crippen molar-refractivity contribution in [3.63, 3.8) is 0 Å². The van der Waals surface area contributed by atoms with Crippen LogP contribution >= 0.6 is 0 Å². The molecule has 0 bridgehead atoms. The molecule has 1 aromatic carbocycles. The minimum Gasteiger partial charge on any atom is -0.495 e. The zero-order valence-electron chi connectivity index (χ0n) is 13.6. The standard InChI is InChI=1S/C18H29NO/c1-12(2)15-8-6-13(3)10-17(15)19-16-9-7-14(4)11-18(16)20-5/h7,9,11-13,15,17,19H,6,8,10H2,1-5H3. The van der Waals surface area contributed by atoms with Crippen molar-refractivity contribution in [2.75, 3.05) is 12.4 Å². The molecule has 112 valence electrons. The highest BCUT2D eigenvalue weighted by Crippen LogP contribution is 2.37. The molecular formula is C18H29NO. The molecule has 2 heteroatoms. The second kappa shape index (κ2) is 6.51. The molecule has 3 unspecified atom stereocenters. The van der Waals surface area contributed by atoms with Gasteiger partial charge in [-0.2, -0.15) is 0 Å². The second-order valence-corrected chi connectivity index (χ2v) is 6.78. The first-order valence-corrected chi connectivity index (χ1v) is 7.92. The molecule has 0 saturated heterocycles. The molecule has 0 spiro atoms. The van der Waals surface area contributed by atoms with Crippen molar-refractivity contribution in [1.29, 1.82) is 0 Å². The second-order valence-electron chi connectivity index (χ2n) is 6.78. The summed E-state index contributed by atoms with van der Waals surface area (Å²) in [6.07, 6.45) is 3.97. The van der Waals surface area contributed by atoms with Crippen LogP contribution in [0.2, 0.25) is 0 Å². The van der Waals surface area contributed by atoms with Gasteiger partial charge in [-0.1, -0.05) is 33.3 Å². The van der Waals surface area contributed by atoms with E-state index in [9.17, 15) is 0 Å². The van der Waals surface area contributed by atoms with Crippen LogP contribution in [0.25, 0.3) is 0 Å². The number of methoxy groups -OCH3 is 1. The fourth-order valence-electron chi connectivity index (χ4n) is 3.49. The normalized spacial score (nSPS) is 26.6. The number of ether oxygens (including phenoxy) is 1. The molecule has 20 heavy (non-hydrogen) atoms. The van der Waals surface area contributed by atoms with E-state index in [1.165, 1.54) is 24.8 Å². The minimum absolute atomic E-state index is 0.565. The predicted octanol–water partition coefficient (Wildman–Crippen LogP) is 4.88. The smallest absolute Gasteiger partial charge is 0.142 e. The van der Waals surface area contributed by atoms with Crippen molar-refractivity contribution < 1.29 is 4.74 Å². The van der Waals surface area contributed by atoms with E-state index in [-0.39, 0.29) is 0 Å². The Balaban J connectivity index is 2.17. The Kier molecular flexibility index (Phi) is 4.95. The maximum absolute atomic E-state index is 5.53. The lowest BCUT2D eigenvalue weighted by atomic mass is 9.74. The van der Waals surface area contributed by atoms with Gasteiger partial charge in [0.1, 0.15) is 5.75 Å². The molecule has 0 aromatic heterocycles. The van der Waals surface area contributed by atoms with Crippen LogP contribution in [0.1, 0.15) is 45.6 Å². The fourth-order valence-corrected chi connectivity index (χ4v) is 3.49. The summed E-state index contributed by atoms with van der Waals surface area (Å²) in [6, 6.07) is 6.99. The largest absolute Gasteiger partial charge is 0.495 e. The first-order valence-electron chi connectivity index (χ1n) is 7.92.